The van der Waals surface area contributed by atoms with Crippen molar-refractivity contribution in [1.82, 2.24) is 15.3 Å². The normalized spacial score (nSPS) is 23.5. The summed E-state index contributed by atoms with van der Waals surface area (Å²) in [6, 6.07) is 0. The van der Waals surface area contributed by atoms with E-state index in [-0.39, 0.29) is 17.2 Å². The van der Waals surface area contributed by atoms with Gasteiger partial charge in [0.05, 0.1) is 17.2 Å². The Hall–Kier alpha value is -1.49. The zero-order chi connectivity index (χ0) is 14.9. The molecule has 114 valence electrons. The van der Waals surface area contributed by atoms with Gasteiger partial charge in [-0.3, -0.25) is 14.8 Å². The van der Waals surface area contributed by atoms with E-state index in [1.165, 1.54) is 0 Å². The summed E-state index contributed by atoms with van der Waals surface area (Å²) in [5.41, 5.74) is 0.0390. The van der Waals surface area contributed by atoms with Gasteiger partial charge in [0.2, 0.25) is 5.91 Å². The molecule has 2 N–H and O–H groups in total. The maximum Gasteiger partial charge on any atom is 0.228 e. The maximum atomic E-state index is 12.3. The molecule has 2 aliphatic carbocycles. The van der Waals surface area contributed by atoms with Crippen molar-refractivity contribution in [3.8, 4) is 0 Å². The Bertz CT molecular complexity index is 510. The number of amides is 1. The van der Waals surface area contributed by atoms with E-state index in [1.54, 1.807) is 18.6 Å². The Morgan fingerprint density at radius 1 is 1.33 bits per heavy atom. The minimum Gasteiger partial charge on any atom is -0.389 e. The number of nitrogens with one attached hydrogen (secondary N) is 1. The summed E-state index contributed by atoms with van der Waals surface area (Å²) in [6.45, 7) is 2.41. The van der Waals surface area contributed by atoms with Crippen molar-refractivity contribution in [3.05, 3.63) is 24.3 Å². The molecule has 2 aliphatic rings. The average molecular weight is 289 g/mol. The van der Waals surface area contributed by atoms with Crippen molar-refractivity contribution in [1.29, 1.82) is 0 Å². The first-order valence-electron chi connectivity index (χ1n) is 7.82. The summed E-state index contributed by atoms with van der Waals surface area (Å²) >= 11 is 0. The standard InChI is InChI=1S/C16H23N3O2/c1-12(13-10-17-8-9-18-13)14(20)19-11-15(4-2-5-15)16(21)6-3-7-16/h8-10,12,21H,2-7,11H2,1H3,(H,19,20). The molecule has 0 bridgehead atoms. The van der Waals surface area contributed by atoms with Gasteiger partial charge in [-0.25, -0.2) is 0 Å². The molecular weight excluding hydrogens is 266 g/mol. The van der Waals surface area contributed by atoms with Crippen LogP contribution in [0, 0.1) is 5.41 Å². The van der Waals surface area contributed by atoms with Gasteiger partial charge in [0, 0.05) is 30.6 Å². The summed E-state index contributed by atoms with van der Waals surface area (Å²) in [7, 11) is 0. The molecule has 1 unspecified atom stereocenters. The van der Waals surface area contributed by atoms with Crippen molar-refractivity contribution >= 4 is 5.91 Å². The molecule has 5 nitrogen and oxygen atoms in total. The van der Waals surface area contributed by atoms with Gasteiger partial charge in [-0.2, -0.15) is 0 Å². The number of carbonyl (C=O) groups is 1. The van der Waals surface area contributed by atoms with Gasteiger partial charge in [-0.15, -0.1) is 0 Å². The Morgan fingerprint density at radius 3 is 2.52 bits per heavy atom. The predicted molar refractivity (Wildman–Crippen MR) is 78.5 cm³/mol. The Labute approximate surface area is 125 Å². The number of rotatable bonds is 5. The van der Waals surface area contributed by atoms with E-state index in [0.717, 1.165) is 38.5 Å². The first-order valence-corrected chi connectivity index (χ1v) is 7.82. The Kier molecular flexibility index (Phi) is 3.69. The van der Waals surface area contributed by atoms with Crippen LogP contribution in [0.5, 0.6) is 0 Å². The average Bonchev–Trinajstić information content (AvgIpc) is 2.44. The quantitative estimate of drug-likeness (QED) is 0.866. The number of hydrogen-bond donors (Lipinski definition) is 2. The molecule has 0 saturated heterocycles. The number of carbonyl (C=O) groups excluding carboxylic acids is 1. The molecule has 1 aromatic rings. The maximum absolute atomic E-state index is 12.3. The van der Waals surface area contributed by atoms with Crippen LogP contribution >= 0.6 is 0 Å². The van der Waals surface area contributed by atoms with Crippen molar-refractivity contribution in [2.45, 2.75) is 57.0 Å². The van der Waals surface area contributed by atoms with Gasteiger partial charge in [0.1, 0.15) is 0 Å². The molecule has 0 aromatic carbocycles. The van der Waals surface area contributed by atoms with Crippen LogP contribution in [0.1, 0.15) is 57.1 Å². The Balaban J connectivity index is 1.60. The van der Waals surface area contributed by atoms with Crippen LogP contribution < -0.4 is 5.32 Å². The molecule has 2 saturated carbocycles. The van der Waals surface area contributed by atoms with E-state index < -0.39 is 5.60 Å². The lowest BCUT2D eigenvalue weighted by Gasteiger charge is -2.57. The van der Waals surface area contributed by atoms with Gasteiger partial charge < -0.3 is 10.4 Å². The van der Waals surface area contributed by atoms with Crippen LogP contribution in [0.3, 0.4) is 0 Å². The van der Waals surface area contributed by atoms with Crippen molar-refractivity contribution in [2.24, 2.45) is 5.41 Å². The number of aromatic nitrogens is 2. The lowest BCUT2D eigenvalue weighted by atomic mass is 9.52. The first-order chi connectivity index (χ1) is 10.1. The van der Waals surface area contributed by atoms with Crippen LogP contribution in [0.25, 0.3) is 0 Å². The third kappa shape index (κ3) is 2.44. The Morgan fingerprint density at radius 2 is 2.05 bits per heavy atom. The van der Waals surface area contributed by atoms with Crippen molar-refractivity contribution in [3.63, 3.8) is 0 Å². The molecular formula is C16H23N3O2. The largest absolute Gasteiger partial charge is 0.389 e. The highest BCUT2D eigenvalue weighted by Crippen LogP contribution is 2.56. The van der Waals surface area contributed by atoms with Gasteiger partial charge in [-0.05, 0) is 39.0 Å². The second-order valence-corrected chi connectivity index (χ2v) is 6.59. The van der Waals surface area contributed by atoms with E-state index in [4.69, 9.17) is 0 Å². The molecule has 1 heterocycles. The van der Waals surface area contributed by atoms with Gasteiger partial charge in [0.15, 0.2) is 0 Å². The fraction of sp³-hybridized carbons (Fsp3) is 0.688. The second-order valence-electron chi connectivity index (χ2n) is 6.59. The number of nitrogens with zero attached hydrogens (tertiary/aromatic N) is 2. The topological polar surface area (TPSA) is 75.1 Å². The van der Waals surface area contributed by atoms with E-state index in [2.05, 4.69) is 15.3 Å². The van der Waals surface area contributed by atoms with E-state index in [1.807, 2.05) is 6.92 Å². The van der Waals surface area contributed by atoms with Gasteiger partial charge >= 0.3 is 0 Å². The van der Waals surface area contributed by atoms with Crippen molar-refractivity contribution < 1.29 is 9.90 Å². The monoisotopic (exact) mass is 289 g/mol. The molecule has 1 amide bonds. The highest BCUT2D eigenvalue weighted by Gasteiger charge is 2.56. The molecule has 1 aromatic heterocycles. The zero-order valence-electron chi connectivity index (χ0n) is 12.5. The summed E-state index contributed by atoms with van der Waals surface area (Å²) in [4.78, 5) is 20.5. The molecule has 0 aliphatic heterocycles. The molecule has 0 spiro atoms. The second kappa shape index (κ2) is 5.37. The number of aliphatic hydroxyl groups is 1. The smallest absolute Gasteiger partial charge is 0.228 e. The van der Waals surface area contributed by atoms with Gasteiger partial charge in [-0.1, -0.05) is 6.42 Å². The fourth-order valence-corrected chi connectivity index (χ4v) is 3.53. The highest BCUT2D eigenvalue weighted by atomic mass is 16.3. The van der Waals surface area contributed by atoms with Crippen LogP contribution in [-0.2, 0) is 4.79 Å². The zero-order valence-corrected chi connectivity index (χ0v) is 12.5. The first kappa shape index (κ1) is 14.4. The fourth-order valence-electron chi connectivity index (χ4n) is 3.53. The molecule has 3 rings (SSSR count). The third-order valence-corrected chi connectivity index (χ3v) is 5.50. The van der Waals surface area contributed by atoms with Crippen LogP contribution in [0.4, 0.5) is 0 Å². The van der Waals surface area contributed by atoms with Gasteiger partial charge in [0.25, 0.3) is 0 Å². The van der Waals surface area contributed by atoms with Crippen LogP contribution in [0.15, 0.2) is 18.6 Å². The molecule has 0 radical (unpaired) electrons. The van der Waals surface area contributed by atoms with Crippen LogP contribution in [0.2, 0.25) is 0 Å². The number of hydrogen-bond acceptors (Lipinski definition) is 4. The summed E-state index contributed by atoms with van der Waals surface area (Å²) in [5, 5.41) is 13.7. The van der Waals surface area contributed by atoms with E-state index in [9.17, 15) is 9.90 Å². The van der Waals surface area contributed by atoms with Crippen LogP contribution in [-0.4, -0.2) is 33.1 Å². The summed E-state index contributed by atoms with van der Waals surface area (Å²) < 4.78 is 0. The van der Waals surface area contributed by atoms with Crippen molar-refractivity contribution in [2.75, 3.05) is 6.54 Å². The lowest BCUT2D eigenvalue weighted by Crippen LogP contribution is -2.61. The minimum atomic E-state index is -0.547. The molecule has 1 atom stereocenters. The highest BCUT2D eigenvalue weighted by molar-refractivity contribution is 5.82. The van der Waals surface area contributed by atoms with E-state index >= 15 is 0 Å². The molecule has 2 fully saturated rings. The SMILES string of the molecule is CC(C(=O)NCC1(C2(O)CCC2)CCC1)c1cnccn1. The molecule has 5 heteroatoms. The van der Waals surface area contributed by atoms with E-state index in [0.29, 0.717) is 12.2 Å². The third-order valence-electron chi connectivity index (χ3n) is 5.50. The summed E-state index contributed by atoms with van der Waals surface area (Å²) in [6.07, 6.45) is 10.9. The summed E-state index contributed by atoms with van der Waals surface area (Å²) in [5.74, 6) is -0.350. The predicted octanol–water partition coefficient (Wildman–Crippen LogP) is 1.78. The lowest BCUT2D eigenvalue weighted by molar-refractivity contribution is -0.173. The molecule has 21 heavy (non-hydrogen) atoms. The minimum absolute atomic E-state index is 0.0373.